The number of benzene rings is 1. The number of rotatable bonds is 6. The van der Waals surface area contributed by atoms with E-state index in [0.29, 0.717) is 12.6 Å². The van der Waals surface area contributed by atoms with E-state index in [4.69, 9.17) is 17.0 Å². The van der Waals surface area contributed by atoms with E-state index in [2.05, 4.69) is 40.5 Å². The third-order valence-corrected chi connectivity index (χ3v) is 5.49. The Hall–Kier alpha value is -1.13. The highest BCUT2D eigenvalue weighted by Gasteiger charge is 2.39. The van der Waals surface area contributed by atoms with Gasteiger partial charge in [-0.3, -0.25) is 0 Å². The fraction of sp³-hybridized carbons (Fsp3) is 0.611. The molecule has 0 spiro atoms. The Balaban J connectivity index is 1.59. The lowest BCUT2D eigenvalue weighted by molar-refractivity contribution is 0.173. The summed E-state index contributed by atoms with van der Waals surface area (Å²) in [7, 11) is 1.74. The van der Waals surface area contributed by atoms with Crippen LogP contribution in [0.25, 0.3) is 0 Å². The fourth-order valence-corrected chi connectivity index (χ4v) is 4.24. The van der Waals surface area contributed by atoms with E-state index in [-0.39, 0.29) is 0 Å². The molecule has 0 unspecified atom stereocenters. The van der Waals surface area contributed by atoms with Gasteiger partial charge in [0.1, 0.15) is 0 Å². The second kappa shape index (κ2) is 7.42. The van der Waals surface area contributed by atoms with Gasteiger partial charge >= 0.3 is 0 Å². The molecule has 4 heteroatoms. The summed E-state index contributed by atoms with van der Waals surface area (Å²) in [4.78, 5) is 2.24. The predicted octanol–water partition coefficient (Wildman–Crippen LogP) is 3.20. The molecule has 1 N–H and O–H groups in total. The lowest BCUT2D eigenvalue weighted by Gasteiger charge is -2.31. The molecule has 0 radical (unpaired) electrons. The first kappa shape index (κ1) is 15.8. The first-order valence-corrected chi connectivity index (χ1v) is 8.75. The minimum absolute atomic E-state index is 0.590. The maximum absolute atomic E-state index is 5.70. The van der Waals surface area contributed by atoms with Gasteiger partial charge in [-0.05, 0) is 48.9 Å². The molecular weight excluding hydrogens is 292 g/mol. The van der Waals surface area contributed by atoms with Gasteiger partial charge in [-0.2, -0.15) is 0 Å². The van der Waals surface area contributed by atoms with E-state index in [1.807, 2.05) is 0 Å². The lowest BCUT2D eigenvalue weighted by Crippen LogP contribution is -2.47. The first-order chi connectivity index (χ1) is 10.8. The van der Waals surface area contributed by atoms with Crippen LogP contribution in [0.3, 0.4) is 0 Å². The van der Waals surface area contributed by atoms with Gasteiger partial charge in [-0.1, -0.05) is 36.8 Å². The Morgan fingerprint density at radius 1 is 1.27 bits per heavy atom. The summed E-state index contributed by atoms with van der Waals surface area (Å²) in [6.45, 7) is 2.38. The summed E-state index contributed by atoms with van der Waals surface area (Å²) in [6.07, 6.45) is 5.50. The Morgan fingerprint density at radius 2 is 2.09 bits per heavy atom. The van der Waals surface area contributed by atoms with Gasteiger partial charge in [0.15, 0.2) is 5.11 Å². The third kappa shape index (κ3) is 3.79. The van der Waals surface area contributed by atoms with Gasteiger partial charge in [0, 0.05) is 26.2 Å². The first-order valence-electron chi connectivity index (χ1n) is 8.34. The number of hydrogen-bond acceptors (Lipinski definition) is 2. The molecule has 120 valence electrons. The molecule has 1 aromatic carbocycles. The zero-order chi connectivity index (χ0) is 15.4. The zero-order valence-electron chi connectivity index (χ0n) is 13.3. The number of ether oxygens (including phenoxy) is 1. The normalized spacial score (nSPS) is 26.1. The average Bonchev–Trinajstić information content (AvgIpc) is 3.15. The Morgan fingerprint density at radius 3 is 2.73 bits per heavy atom. The van der Waals surface area contributed by atoms with Crippen molar-refractivity contribution in [3.63, 3.8) is 0 Å². The maximum Gasteiger partial charge on any atom is 0.169 e. The molecule has 2 bridgehead atoms. The van der Waals surface area contributed by atoms with Crippen molar-refractivity contribution < 1.29 is 4.74 Å². The number of methoxy groups -OCH3 is 1. The van der Waals surface area contributed by atoms with Crippen molar-refractivity contribution in [2.24, 2.45) is 11.8 Å². The molecule has 0 aliphatic heterocycles. The zero-order valence-corrected chi connectivity index (χ0v) is 14.1. The van der Waals surface area contributed by atoms with Crippen LogP contribution in [0.5, 0.6) is 0 Å². The molecule has 2 fully saturated rings. The molecule has 22 heavy (non-hydrogen) atoms. The van der Waals surface area contributed by atoms with Gasteiger partial charge in [-0.25, -0.2) is 0 Å². The second-order valence-corrected chi connectivity index (χ2v) is 7.02. The standard InChI is InChI=1S/C18H26N2OS/c1-21-10-9-20(13-14-5-3-2-4-6-14)18(22)19-17-12-15-7-8-16(17)11-15/h2-6,15-17H,7-13H2,1H3,(H,19,22)/t15-,16-,17-/m1/s1. The van der Waals surface area contributed by atoms with E-state index >= 15 is 0 Å². The maximum atomic E-state index is 5.70. The molecule has 2 aliphatic rings. The molecule has 3 nitrogen and oxygen atoms in total. The van der Waals surface area contributed by atoms with Crippen LogP contribution in [0.15, 0.2) is 30.3 Å². The van der Waals surface area contributed by atoms with Crippen molar-refractivity contribution in [1.82, 2.24) is 10.2 Å². The van der Waals surface area contributed by atoms with Crippen molar-refractivity contribution >= 4 is 17.3 Å². The van der Waals surface area contributed by atoms with Gasteiger partial charge in [0.2, 0.25) is 0 Å². The van der Waals surface area contributed by atoms with Gasteiger partial charge in [0.05, 0.1) is 6.61 Å². The minimum Gasteiger partial charge on any atom is -0.383 e. The number of hydrogen-bond donors (Lipinski definition) is 1. The molecule has 0 amide bonds. The summed E-state index contributed by atoms with van der Waals surface area (Å²) >= 11 is 5.70. The molecule has 0 aromatic heterocycles. The lowest BCUT2D eigenvalue weighted by atomic mass is 9.95. The smallest absolute Gasteiger partial charge is 0.169 e. The van der Waals surface area contributed by atoms with Crippen LogP contribution >= 0.6 is 12.2 Å². The van der Waals surface area contributed by atoms with Crippen molar-refractivity contribution in [3.8, 4) is 0 Å². The Kier molecular flexibility index (Phi) is 5.32. The highest BCUT2D eigenvalue weighted by atomic mass is 32.1. The molecule has 2 aliphatic carbocycles. The third-order valence-electron chi connectivity index (χ3n) is 5.12. The second-order valence-electron chi connectivity index (χ2n) is 6.63. The molecule has 3 atom stereocenters. The average molecular weight is 318 g/mol. The molecular formula is C18H26N2OS. The molecule has 0 saturated heterocycles. The summed E-state index contributed by atoms with van der Waals surface area (Å²) in [5.74, 6) is 1.77. The van der Waals surface area contributed by atoms with Crippen molar-refractivity contribution in [2.45, 2.75) is 38.3 Å². The van der Waals surface area contributed by atoms with Crippen LogP contribution in [0.2, 0.25) is 0 Å². The number of nitrogens with one attached hydrogen (secondary N) is 1. The van der Waals surface area contributed by atoms with Gasteiger partial charge in [0.25, 0.3) is 0 Å². The van der Waals surface area contributed by atoms with E-state index in [1.54, 1.807) is 7.11 Å². The highest BCUT2D eigenvalue weighted by Crippen LogP contribution is 2.44. The molecule has 1 aromatic rings. The number of fused-ring (bicyclic) bond motifs is 2. The minimum atomic E-state index is 0.590. The topological polar surface area (TPSA) is 24.5 Å². The van der Waals surface area contributed by atoms with Crippen LogP contribution in [0, 0.1) is 11.8 Å². The number of thiocarbonyl (C=S) groups is 1. The van der Waals surface area contributed by atoms with Gasteiger partial charge in [-0.15, -0.1) is 0 Å². The van der Waals surface area contributed by atoms with Gasteiger partial charge < -0.3 is 15.0 Å². The molecule has 3 rings (SSSR count). The highest BCUT2D eigenvalue weighted by molar-refractivity contribution is 7.80. The molecule has 0 heterocycles. The van der Waals surface area contributed by atoms with E-state index in [1.165, 1.54) is 31.2 Å². The van der Waals surface area contributed by atoms with Crippen LogP contribution in [0.1, 0.15) is 31.2 Å². The summed E-state index contributed by atoms with van der Waals surface area (Å²) in [5, 5.41) is 4.53. The summed E-state index contributed by atoms with van der Waals surface area (Å²) in [6, 6.07) is 11.1. The van der Waals surface area contributed by atoms with E-state index in [0.717, 1.165) is 30.0 Å². The van der Waals surface area contributed by atoms with Crippen LogP contribution < -0.4 is 5.32 Å². The monoisotopic (exact) mass is 318 g/mol. The Bertz CT molecular complexity index is 493. The van der Waals surface area contributed by atoms with Crippen LogP contribution in [-0.4, -0.2) is 36.3 Å². The fourth-order valence-electron chi connectivity index (χ4n) is 3.93. The van der Waals surface area contributed by atoms with Crippen LogP contribution in [0.4, 0.5) is 0 Å². The van der Waals surface area contributed by atoms with Crippen molar-refractivity contribution in [3.05, 3.63) is 35.9 Å². The molecule has 2 saturated carbocycles. The van der Waals surface area contributed by atoms with Crippen molar-refractivity contribution in [2.75, 3.05) is 20.3 Å². The quantitative estimate of drug-likeness (QED) is 0.814. The van der Waals surface area contributed by atoms with Crippen molar-refractivity contribution in [1.29, 1.82) is 0 Å². The summed E-state index contributed by atoms with van der Waals surface area (Å²) in [5.41, 5.74) is 1.29. The SMILES string of the molecule is COCCN(Cc1ccccc1)C(=S)N[C@@H]1C[C@@H]2CC[C@@H]1C2. The summed E-state index contributed by atoms with van der Waals surface area (Å²) < 4.78 is 5.25. The predicted molar refractivity (Wildman–Crippen MR) is 93.7 cm³/mol. The van der Waals surface area contributed by atoms with E-state index < -0.39 is 0 Å². The van der Waals surface area contributed by atoms with Crippen LogP contribution in [-0.2, 0) is 11.3 Å². The van der Waals surface area contributed by atoms with E-state index in [9.17, 15) is 0 Å². The largest absolute Gasteiger partial charge is 0.383 e. The Labute approximate surface area is 139 Å². The number of nitrogens with zero attached hydrogens (tertiary/aromatic N) is 1.